The smallest absolute Gasteiger partial charge is 0.158 e. The lowest BCUT2D eigenvalue weighted by atomic mass is 9.94. The van der Waals surface area contributed by atoms with Crippen LogP contribution in [-0.2, 0) is 14.2 Å². The summed E-state index contributed by atoms with van der Waals surface area (Å²) < 4.78 is 16.4. The molecule has 0 bridgehead atoms. The summed E-state index contributed by atoms with van der Waals surface area (Å²) in [4.78, 5) is 2.40. The molecule has 114 valence electrons. The second kappa shape index (κ2) is 8.17. The van der Waals surface area contributed by atoms with Gasteiger partial charge in [-0.15, -0.1) is 0 Å². The maximum absolute atomic E-state index is 6.02. The molecule has 5 nitrogen and oxygen atoms in total. The van der Waals surface area contributed by atoms with Gasteiger partial charge in [0, 0.05) is 45.9 Å². The largest absolute Gasteiger partial charge is 0.377 e. The molecule has 1 heterocycles. The van der Waals surface area contributed by atoms with Crippen molar-refractivity contribution in [1.82, 2.24) is 4.90 Å². The third kappa shape index (κ3) is 4.68. The maximum atomic E-state index is 6.02. The van der Waals surface area contributed by atoms with Gasteiger partial charge >= 0.3 is 0 Å². The van der Waals surface area contributed by atoms with Crippen LogP contribution in [0.5, 0.6) is 0 Å². The first-order valence-electron chi connectivity index (χ1n) is 7.22. The molecule has 0 aliphatic carbocycles. The van der Waals surface area contributed by atoms with Gasteiger partial charge in [0.2, 0.25) is 0 Å². The summed E-state index contributed by atoms with van der Waals surface area (Å²) in [5.74, 6) is 0. The molecule has 1 aliphatic rings. The van der Waals surface area contributed by atoms with Crippen molar-refractivity contribution in [2.24, 2.45) is 5.73 Å². The summed E-state index contributed by atoms with van der Waals surface area (Å²) in [6.45, 7) is 7.70. The van der Waals surface area contributed by atoms with Crippen molar-refractivity contribution in [3.05, 3.63) is 0 Å². The molecule has 0 saturated carbocycles. The van der Waals surface area contributed by atoms with Crippen LogP contribution in [0.25, 0.3) is 0 Å². The molecule has 0 aromatic rings. The Kier molecular flexibility index (Phi) is 7.25. The summed E-state index contributed by atoms with van der Waals surface area (Å²) in [7, 11) is 3.34. The third-order valence-corrected chi connectivity index (χ3v) is 4.17. The molecular weight excluding hydrogens is 244 g/mol. The predicted octanol–water partition coefficient (Wildman–Crippen LogP) is 1.21. The molecule has 1 aliphatic heterocycles. The van der Waals surface area contributed by atoms with E-state index in [-0.39, 0.29) is 11.8 Å². The number of rotatable bonds is 9. The summed E-state index contributed by atoms with van der Waals surface area (Å²) in [5.41, 5.74) is 5.89. The van der Waals surface area contributed by atoms with Crippen molar-refractivity contribution in [3.8, 4) is 0 Å². The van der Waals surface area contributed by atoms with Crippen LogP contribution in [0.1, 0.15) is 33.1 Å². The lowest BCUT2D eigenvalue weighted by Crippen LogP contribution is -2.55. The summed E-state index contributed by atoms with van der Waals surface area (Å²) in [6.07, 6.45) is 3.20. The first-order valence-corrected chi connectivity index (χ1v) is 7.22. The van der Waals surface area contributed by atoms with Crippen molar-refractivity contribution in [1.29, 1.82) is 0 Å². The Bertz CT molecular complexity index is 243. The molecule has 0 spiro atoms. The Morgan fingerprint density at radius 1 is 1.42 bits per heavy atom. The molecule has 2 N–H and O–H groups in total. The summed E-state index contributed by atoms with van der Waals surface area (Å²) in [6, 6.07) is 0. The van der Waals surface area contributed by atoms with Crippen LogP contribution in [0.2, 0.25) is 0 Å². The molecule has 0 aromatic carbocycles. The van der Waals surface area contributed by atoms with Crippen LogP contribution in [0.3, 0.4) is 0 Å². The van der Waals surface area contributed by atoms with Gasteiger partial charge in [-0.25, -0.2) is 0 Å². The topological polar surface area (TPSA) is 57.0 Å². The van der Waals surface area contributed by atoms with Crippen LogP contribution >= 0.6 is 0 Å². The minimum absolute atomic E-state index is 0.128. The number of methoxy groups -OCH3 is 2. The van der Waals surface area contributed by atoms with Crippen LogP contribution in [0.15, 0.2) is 0 Å². The minimum atomic E-state index is -0.216. The quantitative estimate of drug-likeness (QED) is 0.641. The zero-order valence-electron chi connectivity index (χ0n) is 12.9. The normalized spacial score (nSPS) is 23.2. The highest BCUT2D eigenvalue weighted by Gasteiger charge is 2.34. The van der Waals surface area contributed by atoms with E-state index in [4.69, 9.17) is 19.9 Å². The first kappa shape index (κ1) is 16.9. The highest BCUT2D eigenvalue weighted by molar-refractivity contribution is 4.89. The van der Waals surface area contributed by atoms with Crippen LogP contribution < -0.4 is 5.73 Å². The van der Waals surface area contributed by atoms with Crippen molar-refractivity contribution in [3.63, 3.8) is 0 Å². The van der Waals surface area contributed by atoms with Crippen LogP contribution in [-0.4, -0.2) is 63.3 Å². The van der Waals surface area contributed by atoms with Gasteiger partial charge < -0.3 is 19.9 Å². The van der Waals surface area contributed by atoms with Gasteiger partial charge in [0.1, 0.15) is 0 Å². The zero-order chi connectivity index (χ0) is 14.3. The number of nitrogens with zero attached hydrogens (tertiary/aromatic N) is 1. The molecule has 2 unspecified atom stereocenters. The lowest BCUT2D eigenvalue weighted by molar-refractivity contribution is -0.130. The highest BCUT2D eigenvalue weighted by atomic mass is 16.7. The van der Waals surface area contributed by atoms with E-state index in [9.17, 15) is 0 Å². The molecule has 0 radical (unpaired) electrons. The average molecular weight is 274 g/mol. The van der Waals surface area contributed by atoms with E-state index in [1.165, 1.54) is 6.42 Å². The minimum Gasteiger partial charge on any atom is -0.377 e. The number of hydrogen-bond donors (Lipinski definition) is 1. The van der Waals surface area contributed by atoms with Crippen molar-refractivity contribution >= 4 is 0 Å². The fourth-order valence-corrected chi connectivity index (χ4v) is 2.73. The molecular formula is C14H30N2O3. The predicted molar refractivity (Wildman–Crippen MR) is 76.1 cm³/mol. The Balaban J connectivity index is 2.65. The molecule has 0 aromatic heterocycles. The molecule has 2 atom stereocenters. The third-order valence-electron chi connectivity index (χ3n) is 4.17. The summed E-state index contributed by atoms with van der Waals surface area (Å²) in [5, 5.41) is 0. The van der Waals surface area contributed by atoms with E-state index in [1.54, 1.807) is 14.2 Å². The lowest BCUT2D eigenvalue weighted by Gasteiger charge is -2.42. The zero-order valence-corrected chi connectivity index (χ0v) is 12.9. The van der Waals surface area contributed by atoms with E-state index < -0.39 is 0 Å². The fourth-order valence-electron chi connectivity index (χ4n) is 2.73. The van der Waals surface area contributed by atoms with Gasteiger partial charge in [-0.2, -0.15) is 0 Å². The Hall–Kier alpha value is -0.200. The number of ether oxygens (including phenoxy) is 3. The van der Waals surface area contributed by atoms with Gasteiger partial charge in [0.15, 0.2) is 6.29 Å². The summed E-state index contributed by atoms with van der Waals surface area (Å²) >= 11 is 0. The van der Waals surface area contributed by atoms with Crippen molar-refractivity contribution in [2.75, 3.05) is 40.5 Å². The van der Waals surface area contributed by atoms with Gasteiger partial charge in [0.05, 0.1) is 6.10 Å². The fraction of sp³-hybridized carbons (Fsp3) is 1.00. The van der Waals surface area contributed by atoms with Crippen LogP contribution in [0, 0.1) is 0 Å². The van der Waals surface area contributed by atoms with E-state index in [1.807, 2.05) is 0 Å². The molecule has 1 fully saturated rings. The number of nitrogens with two attached hydrogens (primary N) is 1. The number of likely N-dealkylation sites (N-methyl/N-ethyl adjacent to an activating group) is 1. The average Bonchev–Trinajstić information content (AvgIpc) is 2.94. The van der Waals surface area contributed by atoms with Gasteiger partial charge in [0.25, 0.3) is 0 Å². The van der Waals surface area contributed by atoms with Crippen molar-refractivity contribution in [2.45, 2.75) is 51.0 Å². The van der Waals surface area contributed by atoms with Crippen molar-refractivity contribution < 1.29 is 14.2 Å². The van der Waals surface area contributed by atoms with Gasteiger partial charge in [-0.3, -0.25) is 4.90 Å². The van der Waals surface area contributed by atoms with E-state index in [0.29, 0.717) is 12.6 Å². The second-order valence-corrected chi connectivity index (χ2v) is 5.48. The van der Waals surface area contributed by atoms with E-state index >= 15 is 0 Å². The van der Waals surface area contributed by atoms with E-state index in [0.717, 1.165) is 32.5 Å². The van der Waals surface area contributed by atoms with Crippen LogP contribution in [0.4, 0.5) is 0 Å². The standard InChI is InChI=1S/C14H30N2O3/c1-5-16(10-12-7-6-8-19-12)14(2,11-15)9-13(17-3)18-4/h12-13H,5-11,15H2,1-4H3. The number of hydrogen-bond acceptors (Lipinski definition) is 5. The molecule has 1 rings (SSSR count). The van der Waals surface area contributed by atoms with Gasteiger partial charge in [-0.05, 0) is 26.3 Å². The Morgan fingerprint density at radius 2 is 2.11 bits per heavy atom. The highest BCUT2D eigenvalue weighted by Crippen LogP contribution is 2.24. The molecule has 19 heavy (non-hydrogen) atoms. The Morgan fingerprint density at radius 3 is 2.53 bits per heavy atom. The first-order chi connectivity index (χ1) is 9.09. The van der Waals surface area contributed by atoms with E-state index in [2.05, 4.69) is 18.7 Å². The second-order valence-electron chi connectivity index (χ2n) is 5.48. The SMILES string of the molecule is CCN(CC1CCCO1)C(C)(CN)CC(OC)OC. The molecule has 0 amide bonds. The van der Waals surface area contributed by atoms with Gasteiger partial charge in [-0.1, -0.05) is 6.92 Å². The monoisotopic (exact) mass is 274 g/mol. The Labute approximate surface area is 117 Å². The molecule has 5 heteroatoms. The maximum Gasteiger partial charge on any atom is 0.158 e. The molecule has 1 saturated heterocycles.